The number of nitrogens with zero attached hydrogens (tertiary/aromatic N) is 2. The van der Waals surface area contributed by atoms with Gasteiger partial charge in [-0.1, -0.05) is 34.4 Å². The summed E-state index contributed by atoms with van der Waals surface area (Å²) in [6.07, 6.45) is 9.33. The number of aliphatic imine (C=N–C) groups is 2. The topological polar surface area (TPSA) is 24.7 Å². The molecule has 2 unspecified atom stereocenters. The number of hydrogen-bond donors (Lipinski definition) is 0. The smallest absolute Gasteiger partial charge is 0.0719 e. The van der Waals surface area contributed by atoms with E-state index in [0.29, 0.717) is 12.1 Å². The van der Waals surface area contributed by atoms with Crippen molar-refractivity contribution in [2.24, 2.45) is 9.98 Å². The SMILES string of the molecule is CC1(C)C=NC2CCCCC2N=CC(C)(C)SS1. The molecule has 102 valence electrons. The Labute approximate surface area is 119 Å². The minimum absolute atomic E-state index is 0.106. The maximum absolute atomic E-state index is 4.83. The second kappa shape index (κ2) is 5.58. The number of hydrogen-bond acceptors (Lipinski definition) is 4. The quantitative estimate of drug-likeness (QED) is 0.616. The van der Waals surface area contributed by atoms with Gasteiger partial charge in [0.25, 0.3) is 0 Å². The number of fused-ring (bicyclic) bond motifs is 1. The van der Waals surface area contributed by atoms with E-state index in [4.69, 9.17) is 9.98 Å². The molecule has 0 amide bonds. The van der Waals surface area contributed by atoms with Gasteiger partial charge in [0.2, 0.25) is 0 Å². The highest BCUT2D eigenvalue weighted by Crippen LogP contribution is 2.43. The van der Waals surface area contributed by atoms with Gasteiger partial charge in [0, 0.05) is 12.4 Å². The van der Waals surface area contributed by atoms with E-state index in [-0.39, 0.29) is 9.49 Å². The Balaban J connectivity index is 2.23. The van der Waals surface area contributed by atoms with E-state index >= 15 is 0 Å². The monoisotopic (exact) mass is 284 g/mol. The molecule has 1 fully saturated rings. The van der Waals surface area contributed by atoms with Crippen LogP contribution in [-0.2, 0) is 0 Å². The summed E-state index contributed by atoms with van der Waals surface area (Å²) in [5, 5.41) is 0. The Morgan fingerprint density at radius 1 is 0.833 bits per heavy atom. The molecule has 0 saturated heterocycles. The fourth-order valence-electron chi connectivity index (χ4n) is 2.25. The third-order valence-corrected chi connectivity index (χ3v) is 7.30. The molecule has 2 atom stereocenters. The fourth-order valence-corrected chi connectivity index (χ4v) is 4.43. The van der Waals surface area contributed by atoms with Crippen LogP contribution < -0.4 is 0 Å². The van der Waals surface area contributed by atoms with Crippen LogP contribution in [0.5, 0.6) is 0 Å². The van der Waals surface area contributed by atoms with Gasteiger partial charge in [0.15, 0.2) is 0 Å². The first-order valence-corrected chi connectivity index (χ1v) is 8.98. The van der Waals surface area contributed by atoms with Crippen molar-refractivity contribution in [2.45, 2.75) is 75.0 Å². The minimum Gasteiger partial charge on any atom is -0.290 e. The summed E-state index contributed by atoms with van der Waals surface area (Å²) in [6, 6.07) is 0.822. The van der Waals surface area contributed by atoms with E-state index in [0.717, 1.165) is 0 Å². The van der Waals surface area contributed by atoms with Crippen LogP contribution in [0.2, 0.25) is 0 Å². The third-order valence-electron chi connectivity index (χ3n) is 3.32. The maximum atomic E-state index is 4.83. The highest BCUT2D eigenvalue weighted by molar-refractivity contribution is 8.78. The summed E-state index contributed by atoms with van der Waals surface area (Å²) in [5.74, 6) is 0. The maximum Gasteiger partial charge on any atom is 0.0719 e. The molecule has 1 aliphatic heterocycles. The van der Waals surface area contributed by atoms with Gasteiger partial charge in [-0.25, -0.2) is 0 Å². The van der Waals surface area contributed by atoms with Gasteiger partial charge in [0.05, 0.1) is 21.6 Å². The van der Waals surface area contributed by atoms with Gasteiger partial charge in [-0.05, 0) is 40.5 Å². The largest absolute Gasteiger partial charge is 0.290 e. The van der Waals surface area contributed by atoms with Crippen LogP contribution in [0.25, 0.3) is 0 Å². The van der Waals surface area contributed by atoms with Crippen molar-refractivity contribution in [2.75, 3.05) is 0 Å². The Morgan fingerprint density at radius 3 is 1.61 bits per heavy atom. The summed E-state index contributed by atoms with van der Waals surface area (Å²) in [6.45, 7) is 9.00. The van der Waals surface area contributed by atoms with E-state index in [2.05, 4.69) is 40.1 Å². The normalized spacial score (nSPS) is 34.9. The van der Waals surface area contributed by atoms with E-state index in [1.165, 1.54) is 25.7 Å². The lowest BCUT2D eigenvalue weighted by atomic mass is 9.91. The average Bonchev–Trinajstić information content (AvgIpc) is 2.32. The predicted molar refractivity (Wildman–Crippen MR) is 86.4 cm³/mol. The lowest BCUT2D eigenvalue weighted by Crippen LogP contribution is -2.31. The van der Waals surface area contributed by atoms with Crippen molar-refractivity contribution in [3.63, 3.8) is 0 Å². The van der Waals surface area contributed by atoms with Gasteiger partial charge in [-0.2, -0.15) is 0 Å². The van der Waals surface area contributed by atoms with Crippen LogP contribution in [-0.4, -0.2) is 34.0 Å². The molecule has 4 heteroatoms. The van der Waals surface area contributed by atoms with Crippen molar-refractivity contribution in [1.82, 2.24) is 0 Å². The molecule has 1 heterocycles. The Bertz CT molecular complexity index is 314. The molecule has 2 rings (SSSR count). The Kier molecular flexibility index (Phi) is 4.48. The van der Waals surface area contributed by atoms with Gasteiger partial charge in [-0.15, -0.1) is 0 Å². The molecule has 2 aliphatic rings. The summed E-state index contributed by atoms with van der Waals surface area (Å²) in [5.41, 5.74) is 0. The summed E-state index contributed by atoms with van der Waals surface area (Å²) >= 11 is 0. The minimum atomic E-state index is 0.106. The van der Waals surface area contributed by atoms with Crippen LogP contribution in [0, 0.1) is 0 Å². The highest BCUT2D eigenvalue weighted by atomic mass is 33.1. The molecule has 1 aliphatic carbocycles. The molecule has 0 aromatic rings. The molecule has 0 aromatic heterocycles. The molecule has 18 heavy (non-hydrogen) atoms. The molecule has 0 aromatic carbocycles. The zero-order chi connectivity index (χ0) is 13.2. The van der Waals surface area contributed by atoms with Crippen LogP contribution in [0.1, 0.15) is 53.4 Å². The first kappa shape index (κ1) is 14.4. The second-order valence-corrected chi connectivity index (χ2v) is 9.79. The molecular formula is C14H24N2S2. The van der Waals surface area contributed by atoms with Crippen molar-refractivity contribution in [1.29, 1.82) is 0 Å². The van der Waals surface area contributed by atoms with Crippen molar-refractivity contribution in [3.8, 4) is 0 Å². The molecule has 2 nitrogen and oxygen atoms in total. The third kappa shape index (κ3) is 4.02. The van der Waals surface area contributed by atoms with Gasteiger partial charge < -0.3 is 0 Å². The van der Waals surface area contributed by atoms with Gasteiger partial charge >= 0.3 is 0 Å². The Hall–Kier alpha value is 0.0400. The molecular weight excluding hydrogens is 260 g/mol. The van der Waals surface area contributed by atoms with Gasteiger partial charge in [0.1, 0.15) is 0 Å². The second-order valence-electron chi connectivity index (χ2n) is 6.35. The molecule has 0 N–H and O–H groups in total. The van der Waals surface area contributed by atoms with Crippen LogP contribution in [0.15, 0.2) is 9.98 Å². The number of rotatable bonds is 0. The average molecular weight is 284 g/mol. The summed E-state index contributed by atoms with van der Waals surface area (Å²) < 4.78 is 0.213. The van der Waals surface area contributed by atoms with E-state index in [1.807, 2.05) is 21.6 Å². The molecule has 0 spiro atoms. The van der Waals surface area contributed by atoms with Crippen molar-refractivity contribution >= 4 is 34.0 Å². The zero-order valence-corrected chi connectivity index (χ0v) is 13.5. The predicted octanol–water partition coefficient (Wildman–Crippen LogP) is 4.39. The Morgan fingerprint density at radius 2 is 1.22 bits per heavy atom. The molecule has 0 bridgehead atoms. The van der Waals surface area contributed by atoms with Crippen molar-refractivity contribution < 1.29 is 0 Å². The molecule has 1 saturated carbocycles. The standard InChI is InChI=1S/C14H24N2S2/c1-13(2)9-15-11-7-5-6-8-12(11)16-10-14(3,4)18-17-13/h9-12H,5-8H2,1-4H3. The summed E-state index contributed by atoms with van der Waals surface area (Å²) in [7, 11) is 3.80. The summed E-state index contributed by atoms with van der Waals surface area (Å²) in [4.78, 5) is 9.67. The first-order chi connectivity index (χ1) is 8.38. The van der Waals surface area contributed by atoms with E-state index in [1.54, 1.807) is 0 Å². The fraction of sp³-hybridized carbons (Fsp3) is 0.857. The van der Waals surface area contributed by atoms with E-state index in [9.17, 15) is 0 Å². The van der Waals surface area contributed by atoms with Crippen molar-refractivity contribution in [3.05, 3.63) is 0 Å². The van der Waals surface area contributed by atoms with E-state index < -0.39 is 0 Å². The first-order valence-electron chi connectivity index (χ1n) is 6.83. The van der Waals surface area contributed by atoms with Crippen LogP contribution in [0.4, 0.5) is 0 Å². The van der Waals surface area contributed by atoms with Gasteiger partial charge in [-0.3, -0.25) is 9.98 Å². The highest BCUT2D eigenvalue weighted by Gasteiger charge is 2.29. The lowest BCUT2D eigenvalue weighted by molar-refractivity contribution is 0.388. The van der Waals surface area contributed by atoms with Crippen LogP contribution in [0.3, 0.4) is 0 Å². The molecule has 0 radical (unpaired) electrons. The lowest BCUT2D eigenvalue weighted by Gasteiger charge is -2.31. The van der Waals surface area contributed by atoms with Crippen LogP contribution >= 0.6 is 21.6 Å². The zero-order valence-electron chi connectivity index (χ0n) is 11.8.